The highest BCUT2D eigenvalue weighted by Gasteiger charge is 2.23. The Hall–Kier alpha value is -0.580. The summed E-state index contributed by atoms with van der Waals surface area (Å²) >= 11 is 9.24. The molecule has 18 heavy (non-hydrogen) atoms. The topological polar surface area (TPSA) is 40.5 Å². The lowest BCUT2D eigenvalue weighted by molar-refractivity contribution is 0.0314. The zero-order valence-electron chi connectivity index (χ0n) is 10.7. The van der Waals surface area contributed by atoms with E-state index in [0.717, 1.165) is 0 Å². The van der Waals surface area contributed by atoms with Crippen LogP contribution in [0, 0.1) is 0 Å². The molecule has 1 aromatic carbocycles. The van der Waals surface area contributed by atoms with Gasteiger partial charge in [0.15, 0.2) is 0 Å². The first-order chi connectivity index (χ1) is 8.24. The van der Waals surface area contributed by atoms with Crippen LogP contribution in [-0.4, -0.2) is 34.6 Å². The van der Waals surface area contributed by atoms with Crippen LogP contribution in [0.25, 0.3) is 0 Å². The highest BCUT2D eigenvalue weighted by Crippen LogP contribution is 2.23. The fourth-order valence-corrected chi connectivity index (χ4v) is 2.21. The minimum absolute atomic E-state index is 0.144. The van der Waals surface area contributed by atoms with Crippen LogP contribution < -0.4 is 0 Å². The molecular formula is C13H17BrClNO2. The number of amides is 1. The second kappa shape index (κ2) is 6.04. The maximum absolute atomic E-state index is 12.4. The van der Waals surface area contributed by atoms with Gasteiger partial charge in [-0.05, 0) is 54.9 Å². The molecule has 0 fully saturated rings. The fourth-order valence-electron chi connectivity index (χ4n) is 1.63. The molecule has 0 radical (unpaired) electrons. The number of hydrogen-bond acceptors (Lipinski definition) is 2. The molecule has 0 bridgehead atoms. The van der Waals surface area contributed by atoms with Gasteiger partial charge in [0, 0.05) is 22.6 Å². The maximum Gasteiger partial charge on any atom is 0.255 e. The van der Waals surface area contributed by atoms with Crippen LogP contribution in [0.5, 0.6) is 0 Å². The largest absolute Gasteiger partial charge is 0.389 e. The quantitative estimate of drug-likeness (QED) is 0.917. The molecule has 0 aliphatic carbocycles. The van der Waals surface area contributed by atoms with Crippen LogP contribution in [0.2, 0.25) is 5.02 Å². The summed E-state index contributed by atoms with van der Waals surface area (Å²) in [5.41, 5.74) is -0.412. The van der Waals surface area contributed by atoms with Crippen molar-refractivity contribution in [3.63, 3.8) is 0 Å². The molecule has 100 valence electrons. The first kappa shape index (κ1) is 15.5. The SMILES string of the molecule is CCN(CC(C)(C)O)C(=O)c1cc(Cl)ccc1Br. The highest BCUT2D eigenvalue weighted by atomic mass is 79.9. The summed E-state index contributed by atoms with van der Waals surface area (Å²) in [5, 5.41) is 10.3. The summed E-state index contributed by atoms with van der Waals surface area (Å²) in [7, 11) is 0. The summed E-state index contributed by atoms with van der Waals surface area (Å²) < 4.78 is 0.700. The average Bonchev–Trinajstić information content (AvgIpc) is 2.27. The third kappa shape index (κ3) is 4.26. The molecule has 0 aliphatic rings. The predicted octanol–water partition coefficient (Wildman–Crippen LogP) is 3.34. The zero-order chi connectivity index (χ0) is 13.9. The van der Waals surface area contributed by atoms with Crippen molar-refractivity contribution in [2.75, 3.05) is 13.1 Å². The number of likely N-dealkylation sites (N-methyl/N-ethyl adjacent to an activating group) is 1. The van der Waals surface area contributed by atoms with E-state index in [1.807, 2.05) is 6.92 Å². The van der Waals surface area contributed by atoms with Crippen LogP contribution in [0.1, 0.15) is 31.1 Å². The first-order valence-corrected chi connectivity index (χ1v) is 6.88. The number of benzene rings is 1. The van der Waals surface area contributed by atoms with Gasteiger partial charge in [0.25, 0.3) is 5.91 Å². The molecule has 0 aromatic heterocycles. The van der Waals surface area contributed by atoms with Crippen molar-refractivity contribution >= 4 is 33.4 Å². The highest BCUT2D eigenvalue weighted by molar-refractivity contribution is 9.10. The predicted molar refractivity (Wildman–Crippen MR) is 77.0 cm³/mol. The lowest BCUT2D eigenvalue weighted by Crippen LogP contribution is -2.42. The van der Waals surface area contributed by atoms with Crippen molar-refractivity contribution in [3.8, 4) is 0 Å². The van der Waals surface area contributed by atoms with Gasteiger partial charge in [-0.1, -0.05) is 11.6 Å². The Balaban J connectivity index is 3.00. The Bertz CT molecular complexity index is 443. The van der Waals surface area contributed by atoms with Crippen molar-refractivity contribution in [2.24, 2.45) is 0 Å². The van der Waals surface area contributed by atoms with Gasteiger partial charge in [-0.3, -0.25) is 4.79 Å². The smallest absolute Gasteiger partial charge is 0.255 e. The summed E-state index contributed by atoms with van der Waals surface area (Å²) in [4.78, 5) is 13.9. The van der Waals surface area contributed by atoms with Gasteiger partial charge >= 0.3 is 0 Å². The Morgan fingerprint density at radius 1 is 1.50 bits per heavy atom. The van der Waals surface area contributed by atoms with E-state index in [9.17, 15) is 9.90 Å². The minimum atomic E-state index is -0.920. The van der Waals surface area contributed by atoms with Crippen LogP contribution in [-0.2, 0) is 0 Å². The number of nitrogens with zero attached hydrogens (tertiary/aromatic N) is 1. The van der Waals surface area contributed by atoms with Crippen molar-refractivity contribution in [1.29, 1.82) is 0 Å². The monoisotopic (exact) mass is 333 g/mol. The molecule has 0 aliphatic heterocycles. The van der Waals surface area contributed by atoms with Crippen LogP contribution >= 0.6 is 27.5 Å². The summed E-state index contributed by atoms with van der Waals surface area (Å²) in [6.45, 7) is 6.04. The lowest BCUT2D eigenvalue weighted by Gasteiger charge is -2.28. The van der Waals surface area contributed by atoms with E-state index in [0.29, 0.717) is 21.6 Å². The van der Waals surface area contributed by atoms with E-state index in [2.05, 4.69) is 15.9 Å². The maximum atomic E-state index is 12.4. The Morgan fingerprint density at radius 2 is 2.11 bits per heavy atom. The van der Waals surface area contributed by atoms with Gasteiger partial charge in [-0.2, -0.15) is 0 Å². The van der Waals surface area contributed by atoms with Crippen molar-refractivity contribution in [3.05, 3.63) is 33.3 Å². The first-order valence-electron chi connectivity index (χ1n) is 5.71. The van der Waals surface area contributed by atoms with Gasteiger partial charge in [-0.25, -0.2) is 0 Å². The molecule has 1 rings (SSSR count). The van der Waals surface area contributed by atoms with E-state index in [4.69, 9.17) is 11.6 Å². The molecule has 0 heterocycles. The minimum Gasteiger partial charge on any atom is -0.389 e. The molecule has 5 heteroatoms. The normalized spacial score (nSPS) is 11.4. The number of rotatable bonds is 4. The van der Waals surface area contributed by atoms with Gasteiger partial charge in [0.2, 0.25) is 0 Å². The van der Waals surface area contributed by atoms with E-state index in [1.165, 1.54) is 0 Å². The summed E-state index contributed by atoms with van der Waals surface area (Å²) in [6, 6.07) is 5.09. The van der Waals surface area contributed by atoms with Crippen molar-refractivity contribution in [2.45, 2.75) is 26.4 Å². The Labute approximate surface area is 121 Å². The molecule has 3 nitrogen and oxygen atoms in total. The Morgan fingerprint density at radius 3 is 2.61 bits per heavy atom. The second-order valence-electron chi connectivity index (χ2n) is 4.76. The standard InChI is InChI=1S/C13H17BrClNO2/c1-4-16(8-13(2,3)18)12(17)10-7-9(15)5-6-11(10)14/h5-7,18H,4,8H2,1-3H3. The fraction of sp³-hybridized carbons (Fsp3) is 0.462. The molecule has 1 amide bonds. The third-order valence-corrected chi connectivity index (χ3v) is 3.33. The second-order valence-corrected chi connectivity index (χ2v) is 6.05. The van der Waals surface area contributed by atoms with Crippen LogP contribution in [0.4, 0.5) is 0 Å². The molecule has 0 saturated carbocycles. The average molecular weight is 335 g/mol. The number of hydrogen-bond donors (Lipinski definition) is 1. The van der Waals surface area contributed by atoms with Gasteiger partial charge in [-0.15, -0.1) is 0 Å². The molecular weight excluding hydrogens is 318 g/mol. The number of carbonyl (C=O) groups excluding carboxylic acids is 1. The van der Waals surface area contributed by atoms with E-state index in [1.54, 1.807) is 36.9 Å². The molecule has 0 spiro atoms. The van der Waals surface area contributed by atoms with Crippen molar-refractivity contribution < 1.29 is 9.90 Å². The van der Waals surface area contributed by atoms with Crippen molar-refractivity contribution in [1.82, 2.24) is 4.90 Å². The van der Waals surface area contributed by atoms with E-state index in [-0.39, 0.29) is 12.5 Å². The Kier molecular flexibility index (Phi) is 5.20. The molecule has 0 unspecified atom stereocenters. The van der Waals surface area contributed by atoms with E-state index < -0.39 is 5.60 Å². The number of carbonyl (C=O) groups is 1. The summed E-state index contributed by atoms with van der Waals surface area (Å²) in [5.74, 6) is -0.144. The summed E-state index contributed by atoms with van der Waals surface area (Å²) in [6.07, 6.45) is 0. The van der Waals surface area contributed by atoms with Crippen LogP contribution in [0.3, 0.4) is 0 Å². The van der Waals surface area contributed by atoms with Gasteiger partial charge in [0.05, 0.1) is 11.2 Å². The molecule has 1 N–H and O–H groups in total. The van der Waals surface area contributed by atoms with Gasteiger partial charge < -0.3 is 10.0 Å². The lowest BCUT2D eigenvalue weighted by atomic mass is 10.1. The number of halogens is 2. The molecule has 0 atom stereocenters. The third-order valence-electron chi connectivity index (χ3n) is 2.41. The zero-order valence-corrected chi connectivity index (χ0v) is 13.0. The molecule has 0 saturated heterocycles. The van der Waals surface area contributed by atoms with E-state index >= 15 is 0 Å². The van der Waals surface area contributed by atoms with Gasteiger partial charge in [0.1, 0.15) is 0 Å². The van der Waals surface area contributed by atoms with Crippen LogP contribution in [0.15, 0.2) is 22.7 Å². The molecule has 1 aromatic rings. The number of aliphatic hydroxyl groups is 1.